The molecule has 0 aliphatic carbocycles. The number of carbonyl (C=O) groups excluding carboxylic acids is 1. The van der Waals surface area contributed by atoms with Gasteiger partial charge in [-0.1, -0.05) is 0 Å². The molecule has 9 unspecified atom stereocenters. The van der Waals surface area contributed by atoms with Crippen LogP contribution in [0.2, 0.25) is 0 Å². The van der Waals surface area contributed by atoms with Crippen LogP contribution in [0.3, 0.4) is 0 Å². The SMILES string of the molecule is COP1(=O)OCC2OC(n3cnc4c(=O)[nH]c(N)nc43)C(OP(=O)(OCOC(=O)OC(C)C)OC[C@H]3OC(n4cnc5c(=O)[nH]c(N)nc54)C(F)C3O1)C2O. The van der Waals surface area contributed by atoms with Crippen molar-refractivity contribution in [2.75, 3.05) is 38.6 Å². The zero-order chi connectivity index (χ0) is 39.4. The number of halogens is 1. The van der Waals surface area contributed by atoms with Crippen molar-refractivity contribution in [1.82, 2.24) is 39.0 Å². The summed E-state index contributed by atoms with van der Waals surface area (Å²) in [4.78, 5) is 57.6. The Bertz CT molecular complexity index is 2300. The second-order valence-electron chi connectivity index (χ2n) is 12.2. The molecule has 0 aromatic carbocycles. The first-order valence-corrected chi connectivity index (χ1v) is 19.0. The van der Waals surface area contributed by atoms with Gasteiger partial charge in [0.05, 0.1) is 32.0 Å². The predicted octanol–water partition coefficient (Wildman–Crippen LogP) is 0.127. The topological polar surface area (TPSA) is 343 Å². The van der Waals surface area contributed by atoms with Gasteiger partial charge in [-0.05, 0) is 13.8 Å². The number of nitrogens with zero attached hydrogens (tertiary/aromatic N) is 6. The molecule has 300 valence electrons. The maximum Gasteiger partial charge on any atom is 0.510 e. The number of aliphatic hydroxyl groups excluding tert-OH is 1. The smallest absolute Gasteiger partial charge is 0.432 e. The molecule has 4 aromatic heterocycles. The number of alkyl halides is 1. The highest BCUT2D eigenvalue weighted by atomic mass is 31.2. The third-order valence-corrected chi connectivity index (χ3v) is 11.1. The largest absolute Gasteiger partial charge is 0.510 e. The highest BCUT2D eigenvalue weighted by molar-refractivity contribution is 7.48. The monoisotopic (exact) mass is 822 g/mol. The Labute approximate surface area is 305 Å². The van der Waals surface area contributed by atoms with Gasteiger partial charge in [0.25, 0.3) is 11.1 Å². The van der Waals surface area contributed by atoms with Gasteiger partial charge in [0, 0.05) is 7.11 Å². The number of nitrogens with one attached hydrogen (secondary N) is 2. The lowest BCUT2D eigenvalue weighted by Crippen LogP contribution is -2.35. The van der Waals surface area contributed by atoms with Gasteiger partial charge in [-0.25, -0.2) is 32.8 Å². The molecule has 55 heavy (non-hydrogen) atoms. The summed E-state index contributed by atoms with van der Waals surface area (Å²) in [6.07, 6.45) is -13.9. The van der Waals surface area contributed by atoms with E-state index in [4.69, 9.17) is 57.6 Å². The third kappa shape index (κ3) is 7.60. The molecule has 29 heteroatoms. The number of phosphoric ester groups is 2. The zero-order valence-electron chi connectivity index (χ0n) is 28.7. The van der Waals surface area contributed by atoms with E-state index >= 15 is 4.39 Å². The van der Waals surface area contributed by atoms with E-state index in [-0.39, 0.29) is 34.2 Å². The highest BCUT2D eigenvalue weighted by Gasteiger charge is 2.55. The molecule has 4 aromatic rings. The number of ether oxygens (including phenoxy) is 4. The maximum absolute atomic E-state index is 16.5. The van der Waals surface area contributed by atoms with Crippen LogP contribution in [0, 0.1) is 0 Å². The predicted molar refractivity (Wildman–Crippen MR) is 176 cm³/mol. The second-order valence-corrected chi connectivity index (χ2v) is 15.6. The van der Waals surface area contributed by atoms with E-state index in [0.717, 1.165) is 28.9 Å². The Morgan fingerprint density at radius 1 is 0.945 bits per heavy atom. The number of nitrogen functional groups attached to an aromatic ring is 2. The number of nitrogens with two attached hydrogens (primary N) is 2. The number of anilines is 2. The molecule has 3 aliphatic heterocycles. The molecule has 2 bridgehead atoms. The summed E-state index contributed by atoms with van der Waals surface area (Å²) in [5.74, 6) is -0.641. The van der Waals surface area contributed by atoms with Crippen LogP contribution >= 0.6 is 15.6 Å². The fourth-order valence-electron chi connectivity index (χ4n) is 5.85. The van der Waals surface area contributed by atoms with Crippen LogP contribution in [0.5, 0.6) is 0 Å². The van der Waals surface area contributed by atoms with E-state index in [1.54, 1.807) is 0 Å². The van der Waals surface area contributed by atoms with E-state index in [1.807, 2.05) is 0 Å². The average Bonchev–Trinajstić information content (AvgIpc) is 3.87. The minimum atomic E-state index is -5.12. The molecule has 0 amide bonds. The van der Waals surface area contributed by atoms with Gasteiger partial charge in [-0.2, -0.15) is 9.97 Å². The number of rotatable bonds is 7. The highest BCUT2D eigenvalue weighted by Crippen LogP contribution is 2.57. The Hall–Kier alpha value is -4.40. The molecule has 7 rings (SSSR count). The Morgan fingerprint density at radius 3 is 2.09 bits per heavy atom. The van der Waals surface area contributed by atoms with Crippen molar-refractivity contribution in [2.24, 2.45) is 0 Å². The molecule has 0 saturated carbocycles. The van der Waals surface area contributed by atoms with Crippen molar-refractivity contribution in [1.29, 1.82) is 0 Å². The van der Waals surface area contributed by atoms with Crippen molar-refractivity contribution in [3.63, 3.8) is 0 Å². The number of phosphoric acid groups is 2. The summed E-state index contributed by atoms with van der Waals surface area (Å²) in [5, 5.41) is 11.5. The molecular weight excluding hydrogens is 789 g/mol. The molecular formula is C26H33FN10O16P2. The van der Waals surface area contributed by atoms with E-state index in [2.05, 4.69) is 29.9 Å². The van der Waals surface area contributed by atoms with Crippen LogP contribution in [0.1, 0.15) is 26.3 Å². The number of aliphatic hydroxyl groups is 1. The first-order valence-electron chi connectivity index (χ1n) is 16.1. The van der Waals surface area contributed by atoms with E-state index < -0.39 is 108 Å². The van der Waals surface area contributed by atoms with Gasteiger partial charge in [0.15, 0.2) is 41.0 Å². The van der Waals surface area contributed by atoms with Gasteiger partial charge < -0.3 is 35.5 Å². The lowest BCUT2D eigenvalue weighted by Gasteiger charge is -2.27. The molecule has 0 radical (unpaired) electrons. The molecule has 26 nitrogen and oxygen atoms in total. The maximum atomic E-state index is 16.5. The first kappa shape index (κ1) is 38.9. The summed E-state index contributed by atoms with van der Waals surface area (Å²) in [6.45, 7) is 0.229. The van der Waals surface area contributed by atoms with Crippen molar-refractivity contribution in [2.45, 2.75) is 69.1 Å². The standard InChI is InChI=1S/C26H33FN10O16P2/c1-9(2)49-26(41)45-8-48-55(43)47-5-11-16(12(27)22(51-11)36-6-30-13-18(36)32-24(28)34-20(13)39)52-54(42,44-3)46-4-10-15(38)17(53-55)23(50-10)37-7-31-14-19(37)33-25(29)35-21(14)40/h6-7,9-12,15-17,22-23,38H,4-5,8H2,1-3H3,(H3,28,32,34,39)(H3,29,33,35,40)/t10?,11-,12?,15?,16?,17?,22?,23?,54?,55?/m1/s1. The Kier molecular flexibility index (Phi) is 10.5. The van der Waals surface area contributed by atoms with Crippen LogP contribution in [-0.4, -0.2) is 120 Å². The minimum absolute atomic E-state index is 0.162. The van der Waals surface area contributed by atoms with Gasteiger partial charge in [-0.15, -0.1) is 0 Å². The van der Waals surface area contributed by atoms with Crippen molar-refractivity contribution < 1.29 is 69.5 Å². The number of hydrogen-bond acceptors (Lipinski definition) is 22. The summed E-state index contributed by atoms with van der Waals surface area (Å²) in [6, 6.07) is 0. The number of H-pyrrole nitrogens is 2. The lowest BCUT2D eigenvalue weighted by molar-refractivity contribution is -0.0775. The molecule has 3 saturated heterocycles. The number of aromatic nitrogens is 8. The van der Waals surface area contributed by atoms with Crippen LogP contribution in [0.15, 0.2) is 22.2 Å². The number of imidazole rings is 2. The molecule has 7 heterocycles. The number of hydrogen-bond donors (Lipinski definition) is 5. The normalized spacial score (nSPS) is 32.9. The molecule has 7 N–H and O–H groups in total. The van der Waals surface area contributed by atoms with E-state index in [9.17, 15) is 28.6 Å². The molecule has 3 fully saturated rings. The summed E-state index contributed by atoms with van der Waals surface area (Å²) < 4.78 is 101. The Balaban J connectivity index is 1.25. The molecule has 3 aliphatic rings. The second kappa shape index (κ2) is 14.9. The summed E-state index contributed by atoms with van der Waals surface area (Å²) in [7, 11) is -8.97. The van der Waals surface area contributed by atoms with E-state index in [1.165, 1.54) is 13.8 Å². The number of carbonyl (C=O) groups is 1. The van der Waals surface area contributed by atoms with Gasteiger partial charge in [0.2, 0.25) is 18.7 Å². The Morgan fingerprint density at radius 2 is 1.49 bits per heavy atom. The van der Waals surface area contributed by atoms with Crippen LogP contribution in [-0.2, 0) is 55.2 Å². The van der Waals surface area contributed by atoms with Crippen LogP contribution in [0.4, 0.5) is 21.1 Å². The zero-order valence-corrected chi connectivity index (χ0v) is 30.4. The third-order valence-electron chi connectivity index (χ3n) is 8.27. The number of fused-ring (bicyclic) bond motifs is 5. The first-order chi connectivity index (χ1) is 26.1. The fourth-order valence-corrected chi connectivity index (χ4v) is 8.21. The molecule has 0 spiro atoms. The van der Waals surface area contributed by atoms with Gasteiger partial charge in [0.1, 0.15) is 30.5 Å². The van der Waals surface area contributed by atoms with Crippen LogP contribution < -0.4 is 22.6 Å². The van der Waals surface area contributed by atoms with Crippen molar-refractivity contribution in [3.05, 3.63) is 33.4 Å². The quantitative estimate of drug-likeness (QED) is 0.0939. The molecule has 10 atom stereocenters. The van der Waals surface area contributed by atoms with Crippen molar-refractivity contribution >= 4 is 56.0 Å². The average molecular weight is 823 g/mol. The van der Waals surface area contributed by atoms with Crippen LogP contribution in [0.25, 0.3) is 22.3 Å². The van der Waals surface area contributed by atoms with Gasteiger partial charge in [-0.3, -0.25) is 51.3 Å². The fraction of sp³-hybridized carbons (Fsp3) is 0.577. The minimum Gasteiger partial charge on any atom is -0.432 e. The summed E-state index contributed by atoms with van der Waals surface area (Å²) in [5.41, 5.74) is 9.17. The van der Waals surface area contributed by atoms with E-state index in [0.29, 0.717) is 0 Å². The van der Waals surface area contributed by atoms with Crippen molar-refractivity contribution in [3.8, 4) is 0 Å². The summed E-state index contributed by atoms with van der Waals surface area (Å²) >= 11 is 0. The lowest BCUT2D eigenvalue weighted by atomic mass is 10.1. The van der Waals surface area contributed by atoms with Gasteiger partial charge >= 0.3 is 21.8 Å². The number of aromatic amines is 2.